The summed E-state index contributed by atoms with van der Waals surface area (Å²) in [5.41, 5.74) is 4.99. The molecule has 0 saturated heterocycles. The normalized spacial score (nSPS) is 12.1. The number of nitrogens with one attached hydrogen (secondary N) is 1. The third-order valence-electron chi connectivity index (χ3n) is 4.51. The first kappa shape index (κ1) is 18.3. The van der Waals surface area contributed by atoms with Crippen LogP contribution in [-0.4, -0.2) is 20.7 Å². The number of hydrogen-bond acceptors (Lipinski definition) is 3. The molecule has 4 rings (SSSR count). The Morgan fingerprint density at radius 3 is 2.39 bits per heavy atom. The van der Waals surface area contributed by atoms with E-state index in [1.54, 1.807) is 0 Å². The summed E-state index contributed by atoms with van der Waals surface area (Å²) in [6.07, 6.45) is 0. The number of amides is 1. The van der Waals surface area contributed by atoms with Crippen molar-refractivity contribution in [3.63, 3.8) is 0 Å². The van der Waals surface area contributed by atoms with Crippen molar-refractivity contribution < 1.29 is 4.79 Å². The number of rotatable bonds is 5. The predicted octanol–water partition coefficient (Wildman–Crippen LogP) is 5.45. The van der Waals surface area contributed by atoms with Crippen molar-refractivity contribution >= 4 is 34.4 Å². The number of carbonyl (C=O) groups is 1. The van der Waals surface area contributed by atoms with Gasteiger partial charge in [-0.15, -0.1) is 0 Å². The molecule has 0 bridgehead atoms. The Kier molecular flexibility index (Phi) is 5.17. The number of para-hydroxylation sites is 3. The number of benzene rings is 3. The van der Waals surface area contributed by atoms with Gasteiger partial charge in [0.2, 0.25) is 5.91 Å². The van der Waals surface area contributed by atoms with E-state index in [9.17, 15) is 4.79 Å². The van der Waals surface area contributed by atoms with Crippen molar-refractivity contribution in [3.05, 3.63) is 84.4 Å². The number of hydrogen-bond donors (Lipinski definition) is 1. The molecule has 0 aliphatic carbocycles. The predicted molar refractivity (Wildman–Crippen MR) is 116 cm³/mol. The van der Waals surface area contributed by atoms with Gasteiger partial charge in [0.1, 0.15) is 0 Å². The fourth-order valence-corrected chi connectivity index (χ4v) is 3.95. The maximum absolute atomic E-state index is 12.7. The van der Waals surface area contributed by atoms with Gasteiger partial charge in [0, 0.05) is 11.4 Å². The van der Waals surface area contributed by atoms with Crippen LogP contribution in [0, 0.1) is 6.92 Å². The lowest BCUT2D eigenvalue weighted by atomic mass is 10.2. The molecule has 0 aliphatic rings. The van der Waals surface area contributed by atoms with Gasteiger partial charge in [-0.1, -0.05) is 59.8 Å². The number of thioether (sulfide) groups is 1. The molecule has 0 aliphatic heterocycles. The van der Waals surface area contributed by atoms with E-state index in [-0.39, 0.29) is 11.2 Å². The Morgan fingerprint density at radius 2 is 1.64 bits per heavy atom. The highest BCUT2D eigenvalue weighted by Gasteiger charge is 2.20. The van der Waals surface area contributed by atoms with Crippen LogP contribution in [0.4, 0.5) is 5.69 Å². The monoisotopic (exact) mass is 387 g/mol. The second-order valence-corrected chi connectivity index (χ2v) is 7.98. The van der Waals surface area contributed by atoms with Crippen molar-refractivity contribution in [2.24, 2.45) is 0 Å². The van der Waals surface area contributed by atoms with Crippen molar-refractivity contribution in [3.8, 4) is 5.69 Å². The summed E-state index contributed by atoms with van der Waals surface area (Å²) < 4.78 is 2.12. The van der Waals surface area contributed by atoms with Gasteiger partial charge in [0.25, 0.3) is 0 Å². The quantitative estimate of drug-likeness (QED) is 0.463. The van der Waals surface area contributed by atoms with E-state index in [4.69, 9.17) is 4.98 Å². The van der Waals surface area contributed by atoms with Crippen LogP contribution in [0.3, 0.4) is 0 Å². The number of fused-ring (bicyclic) bond motifs is 1. The molecule has 28 heavy (non-hydrogen) atoms. The highest BCUT2D eigenvalue weighted by Crippen LogP contribution is 2.31. The van der Waals surface area contributed by atoms with Gasteiger partial charge in [-0.05, 0) is 50.2 Å². The highest BCUT2D eigenvalue weighted by molar-refractivity contribution is 8.00. The molecule has 3 aromatic carbocycles. The molecule has 140 valence electrons. The van der Waals surface area contributed by atoms with Crippen LogP contribution >= 0.6 is 11.8 Å². The molecule has 1 heterocycles. The molecule has 4 aromatic rings. The zero-order chi connectivity index (χ0) is 19.5. The number of anilines is 1. The number of carbonyl (C=O) groups excluding carboxylic acids is 1. The number of imidazole rings is 1. The molecule has 1 N–H and O–H groups in total. The van der Waals surface area contributed by atoms with Gasteiger partial charge in [-0.25, -0.2) is 4.98 Å². The summed E-state index contributed by atoms with van der Waals surface area (Å²) >= 11 is 1.46. The van der Waals surface area contributed by atoms with Crippen molar-refractivity contribution in [2.45, 2.75) is 24.3 Å². The van der Waals surface area contributed by atoms with Gasteiger partial charge in [0.05, 0.1) is 16.3 Å². The molecule has 1 amide bonds. The molecule has 1 atom stereocenters. The second kappa shape index (κ2) is 7.90. The Morgan fingerprint density at radius 1 is 0.964 bits per heavy atom. The molecule has 0 unspecified atom stereocenters. The van der Waals surface area contributed by atoms with Crippen LogP contribution in [0.2, 0.25) is 0 Å². The van der Waals surface area contributed by atoms with Crippen molar-refractivity contribution in [1.29, 1.82) is 0 Å². The summed E-state index contributed by atoms with van der Waals surface area (Å²) in [5, 5.41) is 3.48. The third-order valence-corrected chi connectivity index (χ3v) is 5.57. The minimum absolute atomic E-state index is 0.0429. The Balaban J connectivity index is 1.65. The number of aryl methyl sites for hydroxylation is 1. The van der Waals surface area contributed by atoms with Gasteiger partial charge in [0.15, 0.2) is 5.16 Å². The molecule has 4 nitrogen and oxygen atoms in total. The van der Waals surface area contributed by atoms with E-state index in [0.29, 0.717) is 0 Å². The summed E-state index contributed by atoms with van der Waals surface area (Å²) in [7, 11) is 0. The first-order chi connectivity index (χ1) is 13.6. The lowest BCUT2D eigenvalue weighted by Crippen LogP contribution is -2.22. The molecular weight excluding hydrogens is 366 g/mol. The summed E-state index contributed by atoms with van der Waals surface area (Å²) in [6, 6.07) is 25.9. The van der Waals surface area contributed by atoms with E-state index >= 15 is 0 Å². The number of aromatic nitrogens is 2. The molecular formula is C23H21N3OS. The van der Waals surface area contributed by atoms with Crippen LogP contribution in [0.25, 0.3) is 16.7 Å². The lowest BCUT2D eigenvalue weighted by Gasteiger charge is -2.14. The molecule has 0 radical (unpaired) electrons. The molecule has 1 aromatic heterocycles. The van der Waals surface area contributed by atoms with E-state index in [2.05, 4.69) is 47.1 Å². The van der Waals surface area contributed by atoms with Crippen LogP contribution in [0.1, 0.15) is 12.5 Å². The van der Waals surface area contributed by atoms with Crippen LogP contribution in [0.15, 0.2) is 84.0 Å². The minimum atomic E-state index is -0.291. The molecule has 0 fully saturated rings. The molecule has 5 heteroatoms. The molecule has 0 spiro atoms. The second-order valence-electron chi connectivity index (χ2n) is 6.67. The van der Waals surface area contributed by atoms with Gasteiger partial charge < -0.3 is 5.32 Å². The smallest absolute Gasteiger partial charge is 0.237 e. The summed E-state index contributed by atoms with van der Waals surface area (Å²) in [4.78, 5) is 17.4. The van der Waals surface area contributed by atoms with E-state index in [1.165, 1.54) is 17.3 Å². The Labute approximate surface area is 168 Å². The first-order valence-corrected chi connectivity index (χ1v) is 10.1. The maximum Gasteiger partial charge on any atom is 0.237 e. The fraction of sp³-hybridized carbons (Fsp3) is 0.130. The standard InChI is InChI=1S/C23H21N3OS/c1-16-12-14-19(15-13-16)26-21-11-7-6-10-20(21)25-23(26)28-17(2)22(27)24-18-8-4-3-5-9-18/h3-15,17H,1-2H3,(H,24,27)/t17-/m0/s1. The van der Waals surface area contributed by atoms with E-state index < -0.39 is 0 Å². The minimum Gasteiger partial charge on any atom is -0.325 e. The van der Waals surface area contributed by atoms with E-state index in [0.717, 1.165) is 27.6 Å². The Bertz CT molecular complexity index is 1100. The average molecular weight is 388 g/mol. The first-order valence-electron chi connectivity index (χ1n) is 9.19. The highest BCUT2D eigenvalue weighted by atomic mass is 32.2. The average Bonchev–Trinajstić information content (AvgIpc) is 3.07. The SMILES string of the molecule is Cc1ccc(-n2c(S[C@@H](C)C(=O)Nc3ccccc3)nc3ccccc32)cc1. The van der Waals surface area contributed by atoms with Crippen LogP contribution < -0.4 is 5.32 Å². The zero-order valence-corrected chi connectivity index (χ0v) is 16.6. The van der Waals surface area contributed by atoms with Gasteiger partial charge >= 0.3 is 0 Å². The number of nitrogens with zero attached hydrogens (tertiary/aromatic N) is 2. The van der Waals surface area contributed by atoms with Crippen molar-refractivity contribution in [2.75, 3.05) is 5.32 Å². The zero-order valence-electron chi connectivity index (χ0n) is 15.8. The fourth-order valence-electron chi connectivity index (χ4n) is 3.00. The summed E-state index contributed by atoms with van der Waals surface area (Å²) in [6.45, 7) is 3.98. The van der Waals surface area contributed by atoms with Gasteiger partial charge in [-0.3, -0.25) is 9.36 Å². The van der Waals surface area contributed by atoms with E-state index in [1.807, 2.05) is 55.5 Å². The van der Waals surface area contributed by atoms with Crippen LogP contribution in [-0.2, 0) is 4.79 Å². The maximum atomic E-state index is 12.7. The third kappa shape index (κ3) is 3.80. The molecule has 0 saturated carbocycles. The Hall–Kier alpha value is -3.05. The van der Waals surface area contributed by atoms with Crippen LogP contribution in [0.5, 0.6) is 0 Å². The van der Waals surface area contributed by atoms with Crippen molar-refractivity contribution in [1.82, 2.24) is 9.55 Å². The van der Waals surface area contributed by atoms with Gasteiger partial charge in [-0.2, -0.15) is 0 Å². The largest absolute Gasteiger partial charge is 0.325 e. The lowest BCUT2D eigenvalue weighted by molar-refractivity contribution is -0.115. The summed E-state index contributed by atoms with van der Waals surface area (Å²) in [5.74, 6) is -0.0429. The topological polar surface area (TPSA) is 46.9 Å².